The lowest BCUT2D eigenvalue weighted by molar-refractivity contribution is 0.193. The molecule has 0 N–H and O–H groups in total. The van der Waals surface area contributed by atoms with Gasteiger partial charge < -0.3 is 24.5 Å². The van der Waals surface area contributed by atoms with Crippen LogP contribution in [0.3, 0.4) is 0 Å². The second-order valence-electron chi connectivity index (χ2n) is 10.8. The second-order valence-corrected chi connectivity index (χ2v) is 10.8. The van der Waals surface area contributed by atoms with Gasteiger partial charge in [0.15, 0.2) is 0 Å². The molecule has 3 aliphatic rings. The lowest BCUT2D eigenvalue weighted by Gasteiger charge is -2.37. The van der Waals surface area contributed by atoms with Crippen molar-refractivity contribution in [2.75, 3.05) is 65.4 Å². The van der Waals surface area contributed by atoms with Crippen LogP contribution in [0.5, 0.6) is 0 Å². The molecule has 0 aliphatic carbocycles. The van der Waals surface area contributed by atoms with Gasteiger partial charge in [0.1, 0.15) is 0 Å². The predicted octanol–water partition coefficient (Wildman–Crippen LogP) is 6.15. The van der Waals surface area contributed by atoms with Crippen LogP contribution in [-0.4, -0.2) is 89.9 Å². The molecule has 0 aromatic rings. The van der Waals surface area contributed by atoms with Gasteiger partial charge in [-0.15, -0.1) is 0 Å². The first-order valence-corrected chi connectivity index (χ1v) is 13.5. The molecule has 0 amide bonds. The average molecular weight is 498 g/mol. The fraction of sp³-hybridized carbons (Fsp3) is 0.613. The fourth-order valence-electron chi connectivity index (χ4n) is 4.67. The molecular weight excluding hydrogens is 442 g/mol. The number of piperazine rings is 2. The van der Waals surface area contributed by atoms with E-state index in [4.69, 9.17) is 0 Å². The maximum absolute atomic E-state index is 4.02. The Kier molecular flexibility index (Phi) is 13.6. The van der Waals surface area contributed by atoms with Crippen molar-refractivity contribution in [2.24, 2.45) is 5.92 Å². The summed E-state index contributed by atoms with van der Waals surface area (Å²) >= 11 is 0. The minimum Gasteiger partial charge on any atom is -0.375 e. The van der Waals surface area contributed by atoms with E-state index in [-0.39, 0.29) is 0 Å². The minimum absolute atomic E-state index is 0.690. The van der Waals surface area contributed by atoms with Crippen molar-refractivity contribution in [1.82, 2.24) is 24.5 Å². The van der Waals surface area contributed by atoms with Crippen LogP contribution in [0.25, 0.3) is 0 Å². The lowest BCUT2D eigenvalue weighted by Crippen LogP contribution is -2.44. The van der Waals surface area contributed by atoms with Gasteiger partial charge >= 0.3 is 0 Å². The fourth-order valence-corrected chi connectivity index (χ4v) is 4.67. The smallest absolute Gasteiger partial charge is 0.0351 e. The molecule has 0 aromatic heterocycles. The molecule has 5 nitrogen and oxygen atoms in total. The van der Waals surface area contributed by atoms with E-state index in [1.54, 1.807) is 0 Å². The van der Waals surface area contributed by atoms with Crippen LogP contribution in [0.1, 0.15) is 54.4 Å². The number of nitrogens with zero attached hydrogens (tertiary/aromatic N) is 5. The summed E-state index contributed by atoms with van der Waals surface area (Å²) in [4.78, 5) is 11.6. The van der Waals surface area contributed by atoms with Gasteiger partial charge in [-0.05, 0) is 60.3 Å². The number of allylic oxidation sites excluding steroid dienone is 5. The van der Waals surface area contributed by atoms with Gasteiger partial charge in [-0.2, -0.15) is 0 Å². The number of piperidine rings is 1. The van der Waals surface area contributed by atoms with Gasteiger partial charge in [-0.25, -0.2) is 0 Å². The summed E-state index contributed by atoms with van der Waals surface area (Å²) in [5.74, 6) is 0.690. The second kappa shape index (κ2) is 15.5. The molecule has 3 fully saturated rings. The summed E-state index contributed by atoms with van der Waals surface area (Å²) in [6.45, 7) is 47.2. The van der Waals surface area contributed by atoms with Crippen LogP contribution >= 0.6 is 0 Å². The Balaban J connectivity index is 0.000000270. The molecule has 3 rings (SSSR count). The molecule has 1 atom stereocenters. The van der Waals surface area contributed by atoms with Crippen molar-refractivity contribution in [3.05, 3.63) is 73.5 Å². The number of likely N-dealkylation sites (tertiary alicyclic amines) is 1. The van der Waals surface area contributed by atoms with E-state index in [1.165, 1.54) is 53.4 Å². The predicted molar refractivity (Wildman–Crippen MR) is 159 cm³/mol. The van der Waals surface area contributed by atoms with Gasteiger partial charge in [-0.3, -0.25) is 0 Å². The Hall–Kier alpha value is -2.56. The van der Waals surface area contributed by atoms with Crippen molar-refractivity contribution in [1.29, 1.82) is 0 Å². The van der Waals surface area contributed by atoms with E-state index < -0.39 is 0 Å². The maximum Gasteiger partial charge on any atom is 0.0351 e. The summed E-state index contributed by atoms with van der Waals surface area (Å²) in [7, 11) is 0. The zero-order valence-electron chi connectivity index (χ0n) is 24.5. The lowest BCUT2D eigenvalue weighted by atomic mass is 9.92. The highest BCUT2D eigenvalue weighted by molar-refractivity contribution is 5.03. The van der Waals surface area contributed by atoms with Crippen LogP contribution in [0.4, 0.5) is 0 Å². The summed E-state index contributed by atoms with van der Waals surface area (Å²) in [5.41, 5.74) is 7.22. The van der Waals surface area contributed by atoms with E-state index in [1.807, 2.05) is 0 Å². The molecule has 5 heteroatoms. The van der Waals surface area contributed by atoms with Gasteiger partial charge in [0.25, 0.3) is 0 Å². The third-order valence-corrected chi connectivity index (χ3v) is 7.38. The van der Waals surface area contributed by atoms with Crippen LogP contribution in [-0.2, 0) is 0 Å². The highest BCUT2D eigenvalue weighted by Gasteiger charge is 2.19. The quantitative estimate of drug-likeness (QED) is 0.408. The molecule has 0 radical (unpaired) electrons. The highest BCUT2D eigenvalue weighted by Crippen LogP contribution is 2.23. The normalized spacial score (nSPS) is 19.8. The summed E-state index contributed by atoms with van der Waals surface area (Å²) in [6, 6.07) is 0. The van der Waals surface area contributed by atoms with Gasteiger partial charge in [0, 0.05) is 93.9 Å². The molecule has 3 heterocycles. The highest BCUT2D eigenvalue weighted by atomic mass is 15.3. The van der Waals surface area contributed by atoms with Crippen LogP contribution < -0.4 is 0 Å². The van der Waals surface area contributed by atoms with Crippen molar-refractivity contribution < 1.29 is 0 Å². The molecule has 3 aliphatic heterocycles. The third kappa shape index (κ3) is 11.0. The van der Waals surface area contributed by atoms with Crippen molar-refractivity contribution in [3.63, 3.8) is 0 Å². The summed E-state index contributed by atoms with van der Waals surface area (Å²) in [5, 5.41) is 0. The summed E-state index contributed by atoms with van der Waals surface area (Å²) in [6.07, 6.45) is 2.59. The first-order chi connectivity index (χ1) is 16.8. The van der Waals surface area contributed by atoms with Crippen molar-refractivity contribution in [2.45, 2.75) is 54.4 Å². The molecular formula is C31H55N5. The van der Waals surface area contributed by atoms with Crippen LogP contribution in [0.2, 0.25) is 0 Å². The van der Waals surface area contributed by atoms with Crippen molar-refractivity contribution >= 4 is 0 Å². The Morgan fingerprint density at radius 3 is 0.944 bits per heavy atom. The molecule has 204 valence electrons. The number of hydrogen-bond acceptors (Lipinski definition) is 5. The minimum atomic E-state index is 0.690. The van der Waals surface area contributed by atoms with E-state index in [2.05, 4.69) is 106 Å². The van der Waals surface area contributed by atoms with Gasteiger partial charge in [0.05, 0.1) is 0 Å². The third-order valence-electron chi connectivity index (χ3n) is 7.38. The van der Waals surface area contributed by atoms with Crippen LogP contribution in [0.15, 0.2) is 73.5 Å². The molecule has 1 unspecified atom stereocenters. The Morgan fingerprint density at radius 1 is 0.444 bits per heavy atom. The molecule has 0 spiro atoms. The topological polar surface area (TPSA) is 16.2 Å². The Labute approximate surface area is 223 Å². The molecule has 0 aromatic carbocycles. The Morgan fingerprint density at radius 2 is 0.722 bits per heavy atom. The summed E-state index contributed by atoms with van der Waals surface area (Å²) < 4.78 is 0. The maximum atomic E-state index is 4.02. The van der Waals surface area contributed by atoms with Gasteiger partial charge in [0.2, 0.25) is 0 Å². The molecule has 0 bridgehead atoms. The Bertz CT molecular complexity index is 671. The standard InChI is InChI=1S/C11H19N.2C10H18N2/c1-9(2)11-6-5-7-12(8-11)10(3)4;2*1-9(2)11-5-7-12(8-6-11)10(3)4/h11H,1,3,5-8H2,2,4H3;2*1,3,5-8H2,2,4H3. The monoisotopic (exact) mass is 497 g/mol. The number of rotatable bonds is 6. The zero-order chi connectivity index (χ0) is 27.4. The SMILES string of the molecule is C=C(C)C1CCCN(C(=C)C)C1.C=C(C)N1CCN(C(=C)C)CC1.C=C(C)N1CCN(C(=C)C)CC1. The van der Waals surface area contributed by atoms with E-state index >= 15 is 0 Å². The zero-order valence-corrected chi connectivity index (χ0v) is 24.5. The van der Waals surface area contributed by atoms with E-state index in [0.29, 0.717) is 5.92 Å². The molecule has 3 saturated heterocycles. The van der Waals surface area contributed by atoms with E-state index in [9.17, 15) is 0 Å². The van der Waals surface area contributed by atoms with Crippen LogP contribution in [0, 0.1) is 5.92 Å². The van der Waals surface area contributed by atoms with Gasteiger partial charge in [-0.1, -0.05) is 45.0 Å². The van der Waals surface area contributed by atoms with E-state index in [0.717, 1.165) is 58.9 Å². The average Bonchev–Trinajstić information content (AvgIpc) is 2.85. The largest absolute Gasteiger partial charge is 0.375 e. The molecule has 0 saturated carbocycles. The van der Waals surface area contributed by atoms with Crippen molar-refractivity contribution in [3.8, 4) is 0 Å². The molecule has 36 heavy (non-hydrogen) atoms. The first kappa shape index (κ1) is 31.5. The first-order valence-electron chi connectivity index (χ1n) is 13.5. The number of hydrogen-bond donors (Lipinski definition) is 0.